The van der Waals surface area contributed by atoms with Crippen LogP contribution >= 0.6 is 23.8 Å². The van der Waals surface area contributed by atoms with E-state index in [9.17, 15) is 4.79 Å². The van der Waals surface area contributed by atoms with E-state index >= 15 is 0 Å². The van der Waals surface area contributed by atoms with Gasteiger partial charge in [0.1, 0.15) is 0 Å². The lowest BCUT2D eigenvalue weighted by molar-refractivity contribution is 0.0770. The molecule has 2 N–H and O–H groups in total. The molecule has 1 unspecified atom stereocenters. The summed E-state index contributed by atoms with van der Waals surface area (Å²) < 4.78 is 0. The lowest BCUT2D eigenvalue weighted by Crippen LogP contribution is -2.42. The van der Waals surface area contributed by atoms with E-state index in [0.717, 1.165) is 18.4 Å². The minimum Gasteiger partial charge on any atom is -0.392 e. The number of benzene rings is 1. The van der Waals surface area contributed by atoms with Crippen molar-refractivity contribution in [3.63, 3.8) is 0 Å². The Labute approximate surface area is 117 Å². The van der Waals surface area contributed by atoms with Crippen molar-refractivity contribution < 1.29 is 4.79 Å². The van der Waals surface area contributed by atoms with E-state index in [4.69, 9.17) is 29.6 Å². The number of likely N-dealkylation sites (tertiary alicyclic amines) is 1. The van der Waals surface area contributed by atoms with Crippen molar-refractivity contribution in [2.75, 3.05) is 6.54 Å². The van der Waals surface area contributed by atoms with Crippen LogP contribution < -0.4 is 5.73 Å². The Morgan fingerprint density at radius 3 is 2.83 bits per heavy atom. The first-order chi connectivity index (χ1) is 8.49. The summed E-state index contributed by atoms with van der Waals surface area (Å²) in [6, 6.07) is 5.23. The molecule has 1 atom stereocenters. The van der Waals surface area contributed by atoms with Gasteiger partial charge in [-0.1, -0.05) is 23.8 Å². The third kappa shape index (κ3) is 2.65. The van der Waals surface area contributed by atoms with Crippen LogP contribution in [0.4, 0.5) is 0 Å². The maximum Gasteiger partial charge on any atom is 0.254 e. The van der Waals surface area contributed by atoms with Crippen molar-refractivity contribution in [3.05, 3.63) is 34.3 Å². The lowest BCUT2D eigenvalue weighted by atomic mass is 10.1. The molecule has 1 amide bonds. The van der Waals surface area contributed by atoms with E-state index in [1.54, 1.807) is 11.0 Å². The number of carbonyl (C=O) groups excluding carboxylic acids is 1. The van der Waals surface area contributed by atoms with Crippen LogP contribution in [0.3, 0.4) is 0 Å². The molecule has 1 fully saturated rings. The molecule has 2 rings (SSSR count). The van der Waals surface area contributed by atoms with Crippen LogP contribution in [-0.4, -0.2) is 28.4 Å². The van der Waals surface area contributed by atoms with Gasteiger partial charge in [0.2, 0.25) is 0 Å². The van der Waals surface area contributed by atoms with Gasteiger partial charge in [0.05, 0.1) is 11.0 Å². The number of aryl methyl sites for hydroxylation is 1. The molecular weight excluding hydrogens is 268 g/mol. The molecule has 5 heteroatoms. The minimum absolute atomic E-state index is 0.0455. The first-order valence-electron chi connectivity index (χ1n) is 5.86. The van der Waals surface area contributed by atoms with Gasteiger partial charge in [0.15, 0.2) is 0 Å². The van der Waals surface area contributed by atoms with Crippen LogP contribution in [0.1, 0.15) is 28.8 Å². The summed E-state index contributed by atoms with van der Waals surface area (Å²) in [5, 5.41) is 0.574. The highest BCUT2D eigenvalue weighted by Crippen LogP contribution is 2.22. The molecule has 1 aliphatic rings. The first kappa shape index (κ1) is 13.3. The summed E-state index contributed by atoms with van der Waals surface area (Å²) >= 11 is 11.0. The number of halogens is 1. The second-order valence-corrected chi connectivity index (χ2v) is 5.48. The Balaban J connectivity index is 2.28. The van der Waals surface area contributed by atoms with Crippen LogP contribution in [-0.2, 0) is 0 Å². The average Bonchev–Trinajstić information content (AvgIpc) is 2.75. The number of hydrogen-bond donors (Lipinski definition) is 1. The maximum absolute atomic E-state index is 12.4. The third-order valence-corrected chi connectivity index (χ3v) is 3.62. The normalized spacial score (nSPS) is 19.0. The summed E-state index contributed by atoms with van der Waals surface area (Å²) in [6.07, 6.45) is 1.79. The fraction of sp³-hybridized carbons (Fsp3) is 0.385. The second-order valence-electron chi connectivity index (χ2n) is 4.58. The Bertz CT molecular complexity index is 484. The molecule has 3 nitrogen and oxygen atoms in total. The summed E-state index contributed by atoms with van der Waals surface area (Å²) in [5.74, 6) is -0.0455. The quantitative estimate of drug-likeness (QED) is 0.848. The number of amides is 1. The monoisotopic (exact) mass is 282 g/mol. The third-order valence-electron chi connectivity index (χ3n) is 3.13. The van der Waals surface area contributed by atoms with Crippen molar-refractivity contribution >= 4 is 34.7 Å². The molecule has 0 saturated carbocycles. The Hall–Kier alpha value is -1.13. The number of nitrogens with two attached hydrogens (primary N) is 1. The van der Waals surface area contributed by atoms with Gasteiger partial charge in [-0.2, -0.15) is 0 Å². The average molecular weight is 283 g/mol. The molecule has 0 radical (unpaired) electrons. The lowest BCUT2D eigenvalue weighted by Gasteiger charge is -2.24. The van der Waals surface area contributed by atoms with Crippen LogP contribution in [0.25, 0.3) is 0 Å². The topological polar surface area (TPSA) is 46.3 Å². The van der Waals surface area contributed by atoms with E-state index in [1.165, 1.54) is 0 Å². The smallest absolute Gasteiger partial charge is 0.254 e. The summed E-state index contributed by atoms with van der Waals surface area (Å²) in [5.41, 5.74) is 7.24. The second kappa shape index (κ2) is 5.24. The molecule has 1 aliphatic heterocycles. The van der Waals surface area contributed by atoms with Gasteiger partial charge in [-0.25, -0.2) is 0 Å². The van der Waals surface area contributed by atoms with Crippen LogP contribution in [0, 0.1) is 6.92 Å². The zero-order chi connectivity index (χ0) is 13.3. The van der Waals surface area contributed by atoms with Crippen molar-refractivity contribution in [2.24, 2.45) is 5.73 Å². The largest absolute Gasteiger partial charge is 0.392 e. The van der Waals surface area contributed by atoms with Gasteiger partial charge >= 0.3 is 0 Å². The van der Waals surface area contributed by atoms with E-state index in [1.807, 2.05) is 19.1 Å². The van der Waals surface area contributed by atoms with Crippen LogP contribution in [0.2, 0.25) is 5.02 Å². The van der Waals surface area contributed by atoms with Crippen LogP contribution in [0.15, 0.2) is 18.2 Å². The van der Waals surface area contributed by atoms with Crippen molar-refractivity contribution in [1.82, 2.24) is 4.90 Å². The van der Waals surface area contributed by atoms with E-state index < -0.39 is 0 Å². The molecular formula is C13H15ClN2OS. The summed E-state index contributed by atoms with van der Waals surface area (Å²) in [7, 11) is 0. The van der Waals surface area contributed by atoms with Gasteiger partial charge in [0, 0.05) is 17.1 Å². The predicted molar refractivity (Wildman–Crippen MR) is 77.0 cm³/mol. The zero-order valence-corrected chi connectivity index (χ0v) is 11.7. The van der Waals surface area contributed by atoms with E-state index in [2.05, 4.69) is 0 Å². The molecule has 1 heterocycles. The molecule has 1 aromatic rings. The molecule has 0 aliphatic carbocycles. The number of nitrogens with zero attached hydrogens (tertiary/aromatic N) is 1. The van der Waals surface area contributed by atoms with Gasteiger partial charge in [-0.05, 0) is 43.5 Å². The highest BCUT2D eigenvalue weighted by Gasteiger charge is 2.31. The number of thiocarbonyl (C=S) groups is 1. The summed E-state index contributed by atoms with van der Waals surface area (Å²) in [4.78, 5) is 14.6. The number of hydrogen-bond acceptors (Lipinski definition) is 2. The van der Waals surface area contributed by atoms with Gasteiger partial charge in [0.25, 0.3) is 5.91 Å². The SMILES string of the molecule is Cc1cc(Cl)cc(C(=O)N2CCCC2C(N)=S)c1. The minimum atomic E-state index is -0.119. The van der Waals surface area contributed by atoms with Gasteiger partial charge in [-0.15, -0.1) is 0 Å². The van der Waals surface area contributed by atoms with E-state index in [-0.39, 0.29) is 11.9 Å². The molecule has 0 aromatic heterocycles. The van der Waals surface area contributed by atoms with E-state index in [0.29, 0.717) is 22.1 Å². The first-order valence-corrected chi connectivity index (χ1v) is 6.65. The molecule has 1 aromatic carbocycles. The highest BCUT2D eigenvalue weighted by molar-refractivity contribution is 7.80. The Kier molecular flexibility index (Phi) is 3.88. The predicted octanol–water partition coefficient (Wildman–Crippen LogP) is 2.54. The fourth-order valence-corrected chi connectivity index (χ4v) is 2.87. The van der Waals surface area contributed by atoms with Crippen LogP contribution in [0.5, 0.6) is 0 Å². The number of rotatable bonds is 2. The molecule has 1 saturated heterocycles. The van der Waals surface area contributed by atoms with Crippen molar-refractivity contribution in [3.8, 4) is 0 Å². The van der Waals surface area contributed by atoms with Gasteiger partial charge < -0.3 is 10.6 Å². The Morgan fingerprint density at radius 2 is 2.22 bits per heavy atom. The summed E-state index contributed by atoms with van der Waals surface area (Å²) in [6.45, 7) is 2.62. The Morgan fingerprint density at radius 1 is 1.50 bits per heavy atom. The number of carbonyl (C=O) groups is 1. The van der Waals surface area contributed by atoms with Gasteiger partial charge in [-0.3, -0.25) is 4.79 Å². The molecule has 18 heavy (non-hydrogen) atoms. The fourth-order valence-electron chi connectivity index (χ4n) is 2.33. The highest BCUT2D eigenvalue weighted by atomic mass is 35.5. The molecule has 96 valence electrons. The zero-order valence-electron chi connectivity index (χ0n) is 10.1. The molecule has 0 bridgehead atoms. The maximum atomic E-state index is 12.4. The molecule has 0 spiro atoms. The van der Waals surface area contributed by atoms with Crippen molar-refractivity contribution in [2.45, 2.75) is 25.8 Å². The standard InChI is InChI=1S/C13H15ClN2OS/c1-8-5-9(7-10(14)6-8)13(17)16-4-2-3-11(16)12(15)18/h5-7,11H,2-4H2,1H3,(H2,15,18). The van der Waals surface area contributed by atoms with Crippen molar-refractivity contribution in [1.29, 1.82) is 0 Å².